The molecule has 1 aliphatic rings. The molecule has 3 rings (SSSR count). The Morgan fingerprint density at radius 2 is 2.20 bits per heavy atom. The van der Waals surface area contributed by atoms with Crippen molar-refractivity contribution in [2.45, 2.75) is 33.4 Å². The zero-order valence-electron chi connectivity index (χ0n) is 11.9. The minimum atomic E-state index is 0.220. The van der Waals surface area contributed by atoms with Gasteiger partial charge < -0.3 is 14.8 Å². The highest BCUT2D eigenvalue weighted by molar-refractivity contribution is 7.11. The maximum absolute atomic E-state index is 5.52. The first-order valence-corrected chi connectivity index (χ1v) is 7.51. The van der Waals surface area contributed by atoms with E-state index >= 15 is 0 Å². The Bertz CT molecular complexity index is 624. The number of rotatable bonds is 4. The highest BCUT2D eigenvalue weighted by atomic mass is 32.1. The van der Waals surface area contributed by atoms with Gasteiger partial charge in [-0.15, -0.1) is 11.3 Å². The van der Waals surface area contributed by atoms with E-state index in [9.17, 15) is 0 Å². The lowest BCUT2D eigenvalue weighted by Crippen LogP contribution is -2.19. The zero-order valence-corrected chi connectivity index (χ0v) is 12.7. The molecule has 0 fully saturated rings. The second-order valence-corrected chi connectivity index (χ2v) is 6.34. The lowest BCUT2D eigenvalue weighted by Gasteiger charge is -2.13. The van der Waals surface area contributed by atoms with Crippen LogP contribution in [-0.4, -0.2) is 11.8 Å². The minimum absolute atomic E-state index is 0.220. The van der Waals surface area contributed by atoms with E-state index < -0.39 is 0 Å². The highest BCUT2D eigenvalue weighted by Gasteiger charge is 2.18. The second-order valence-electron chi connectivity index (χ2n) is 4.93. The Morgan fingerprint density at radius 3 is 2.95 bits per heavy atom. The van der Waals surface area contributed by atoms with E-state index in [0.29, 0.717) is 6.79 Å². The van der Waals surface area contributed by atoms with Gasteiger partial charge in [-0.1, -0.05) is 12.1 Å². The maximum Gasteiger partial charge on any atom is 0.231 e. The highest BCUT2D eigenvalue weighted by Crippen LogP contribution is 2.35. The molecular formula is C15H18N2O2S. The van der Waals surface area contributed by atoms with Crippen LogP contribution >= 0.6 is 11.3 Å². The summed E-state index contributed by atoms with van der Waals surface area (Å²) >= 11 is 1.74. The van der Waals surface area contributed by atoms with E-state index in [1.54, 1.807) is 11.3 Å². The summed E-state index contributed by atoms with van der Waals surface area (Å²) < 4.78 is 10.9. The van der Waals surface area contributed by atoms with Crippen molar-refractivity contribution in [2.75, 3.05) is 6.79 Å². The fraction of sp³-hybridized carbons (Fsp3) is 0.400. The van der Waals surface area contributed by atoms with Gasteiger partial charge in [0, 0.05) is 23.0 Å². The Kier molecular flexibility index (Phi) is 3.63. The van der Waals surface area contributed by atoms with Gasteiger partial charge in [0.15, 0.2) is 11.5 Å². The molecular weight excluding hydrogens is 272 g/mol. The normalized spacial score (nSPS) is 14.6. The summed E-state index contributed by atoms with van der Waals surface area (Å²) in [5.41, 5.74) is 2.26. The van der Waals surface area contributed by atoms with E-state index in [1.807, 2.05) is 19.1 Å². The van der Waals surface area contributed by atoms with E-state index in [-0.39, 0.29) is 6.04 Å². The largest absolute Gasteiger partial charge is 0.454 e. The number of thiazole rings is 1. The summed E-state index contributed by atoms with van der Waals surface area (Å²) in [6.45, 7) is 7.36. The van der Waals surface area contributed by atoms with Gasteiger partial charge in [0.1, 0.15) is 0 Å². The molecule has 0 spiro atoms. The Balaban J connectivity index is 1.71. The molecule has 1 atom stereocenters. The van der Waals surface area contributed by atoms with Crippen LogP contribution in [0.15, 0.2) is 18.2 Å². The first-order valence-electron chi connectivity index (χ1n) is 6.70. The van der Waals surface area contributed by atoms with Crippen molar-refractivity contribution in [3.63, 3.8) is 0 Å². The van der Waals surface area contributed by atoms with Gasteiger partial charge in [0.2, 0.25) is 6.79 Å². The Hall–Kier alpha value is -1.59. The van der Waals surface area contributed by atoms with Crippen molar-refractivity contribution in [1.82, 2.24) is 10.3 Å². The van der Waals surface area contributed by atoms with Gasteiger partial charge in [0.05, 0.1) is 10.7 Å². The summed E-state index contributed by atoms with van der Waals surface area (Å²) in [6, 6.07) is 6.21. The number of hydrogen-bond acceptors (Lipinski definition) is 5. The number of aromatic nitrogens is 1. The quantitative estimate of drug-likeness (QED) is 0.938. The van der Waals surface area contributed by atoms with Crippen LogP contribution in [0.4, 0.5) is 0 Å². The van der Waals surface area contributed by atoms with Crippen molar-refractivity contribution in [2.24, 2.45) is 0 Å². The van der Waals surface area contributed by atoms with Crippen LogP contribution in [0, 0.1) is 13.8 Å². The van der Waals surface area contributed by atoms with E-state index in [0.717, 1.165) is 34.3 Å². The molecule has 2 heterocycles. The SMILES string of the molecule is Cc1nc(C(C)NCc2cccc3c2OCO3)c(C)s1. The number of ether oxygens (including phenoxy) is 2. The lowest BCUT2D eigenvalue weighted by molar-refractivity contribution is 0.173. The van der Waals surface area contributed by atoms with Crippen molar-refractivity contribution < 1.29 is 9.47 Å². The molecule has 0 amide bonds. The van der Waals surface area contributed by atoms with Crippen LogP contribution in [0.25, 0.3) is 0 Å². The Morgan fingerprint density at radius 1 is 1.35 bits per heavy atom. The third kappa shape index (κ3) is 2.51. The molecule has 2 aromatic rings. The number of hydrogen-bond donors (Lipinski definition) is 1. The molecule has 106 valence electrons. The predicted molar refractivity (Wildman–Crippen MR) is 79.4 cm³/mol. The van der Waals surface area contributed by atoms with Crippen LogP contribution in [0.3, 0.4) is 0 Å². The summed E-state index contributed by atoms with van der Waals surface area (Å²) in [5, 5.41) is 4.62. The van der Waals surface area contributed by atoms with E-state index in [1.165, 1.54) is 4.88 Å². The minimum Gasteiger partial charge on any atom is -0.454 e. The number of nitrogens with one attached hydrogen (secondary N) is 1. The van der Waals surface area contributed by atoms with Gasteiger partial charge in [-0.25, -0.2) is 4.98 Å². The molecule has 20 heavy (non-hydrogen) atoms. The summed E-state index contributed by atoms with van der Waals surface area (Å²) in [6.07, 6.45) is 0. The number of benzene rings is 1. The van der Waals surface area contributed by atoms with Gasteiger partial charge in [-0.3, -0.25) is 0 Å². The molecule has 0 saturated carbocycles. The number of fused-ring (bicyclic) bond motifs is 1. The Labute approximate surface area is 122 Å². The van der Waals surface area contributed by atoms with Crippen LogP contribution < -0.4 is 14.8 Å². The van der Waals surface area contributed by atoms with Gasteiger partial charge in [0.25, 0.3) is 0 Å². The average Bonchev–Trinajstić information content (AvgIpc) is 3.02. The van der Waals surface area contributed by atoms with Gasteiger partial charge in [-0.05, 0) is 26.8 Å². The molecule has 1 unspecified atom stereocenters. The fourth-order valence-corrected chi connectivity index (χ4v) is 3.35. The molecule has 0 aliphatic carbocycles. The molecule has 0 saturated heterocycles. The first-order chi connectivity index (χ1) is 9.65. The predicted octanol–water partition coefficient (Wildman–Crippen LogP) is 3.34. The van der Waals surface area contributed by atoms with Crippen molar-refractivity contribution in [1.29, 1.82) is 0 Å². The van der Waals surface area contributed by atoms with E-state index in [2.05, 4.69) is 30.2 Å². The molecule has 1 N–H and O–H groups in total. The van der Waals surface area contributed by atoms with Crippen molar-refractivity contribution in [3.8, 4) is 11.5 Å². The maximum atomic E-state index is 5.52. The van der Waals surface area contributed by atoms with Crippen LogP contribution in [0.2, 0.25) is 0 Å². The monoisotopic (exact) mass is 290 g/mol. The zero-order chi connectivity index (χ0) is 14.1. The molecule has 5 heteroatoms. The second kappa shape index (κ2) is 5.42. The number of para-hydroxylation sites is 1. The first kappa shape index (κ1) is 13.4. The van der Waals surface area contributed by atoms with E-state index in [4.69, 9.17) is 9.47 Å². The summed E-state index contributed by atoms with van der Waals surface area (Å²) in [4.78, 5) is 5.87. The van der Waals surface area contributed by atoms with Crippen molar-refractivity contribution >= 4 is 11.3 Å². The molecule has 1 aliphatic heterocycles. The number of nitrogens with zero attached hydrogens (tertiary/aromatic N) is 1. The summed E-state index contributed by atoms with van der Waals surface area (Å²) in [5.74, 6) is 1.69. The fourth-order valence-electron chi connectivity index (χ4n) is 2.44. The molecule has 1 aromatic carbocycles. The molecule has 0 radical (unpaired) electrons. The van der Waals surface area contributed by atoms with Crippen LogP contribution in [0.5, 0.6) is 11.5 Å². The number of aryl methyl sites for hydroxylation is 2. The molecule has 4 nitrogen and oxygen atoms in total. The summed E-state index contributed by atoms with van der Waals surface area (Å²) in [7, 11) is 0. The van der Waals surface area contributed by atoms with Crippen LogP contribution in [-0.2, 0) is 6.54 Å². The third-order valence-electron chi connectivity index (χ3n) is 3.43. The van der Waals surface area contributed by atoms with Crippen molar-refractivity contribution in [3.05, 3.63) is 39.3 Å². The smallest absolute Gasteiger partial charge is 0.231 e. The molecule has 1 aromatic heterocycles. The van der Waals surface area contributed by atoms with Crippen LogP contribution in [0.1, 0.15) is 34.1 Å². The van der Waals surface area contributed by atoms with Gasteiger partial charge >= 0.3 is 0 Å². The molecule has 0 bridgehead atoms. The third-order valence-corrected chi connectivity index (χ3v) is 4.33. The van der Waals surface area contributed by atoms with Gasteiger partial charge in [-0.2, -0.15) is 0 Å². The standard InChI is InChI=1S/C15H18N2O2S/c1-9(14-10(2)20-11(3)17-14)16-7-12-5-4-6-13-15(12)19-8-18-13/h4-6,9,16H,7-8H2,1-3H3. The topological polar surface area (TPSA) is 43.4 Å². The lowest BCUT2D eigenvalue weighted by atomic mass is 10.1. The average molecular weight is 290 g/mol.